The van der Waals surface area contributed by atoms with Crippen LogP contribution in [0.1, 0.15) is 29.0 Å². The SMILES string of the molecule is COCCCN(CCC(=O)N1CCN(c2ccc(OC)cc2)CC1)C(=O)c1cnc(C)cn1. The molecule has 2 heterocycles. The molecule has 0 bridgehead atoms. The molecule has 1 fully saturated rings. The Morgan fingerprint density at radius 3 is 2.33 bits per heavy atom. The Kier molecular flexibility index (Phi) is 9.00. The predicted octanol–water partition coefficient (Wildman–Crippen LogP) is 2.01. The van der Waals surface area contributed by atoms with Crippen molar-refractivity contribution in [2.75, 3.05) is 65.0 Å². The molecule has 1 aromatic heterocycles. The summed E-state index contributed by atoms with van der Waals surface area (Å²) in [4.78, 5) is 40.0. The maximum Gasteiger partial charge on any atom is 0.274 e. The van der Waals surface area contributed by atoms with Crippen molar-refractivity contribution in [1.82, 2.24) is 19.8 Å². The quantitative estimate of drug-likeness (QED) is 0.507. The van der Waals surface area contributed by atoms with Crippen LogP contribution in [0.4, 0.5) is 5.69 Å². The van der Waals surface area contributed by atoms with E-state index in [0.717, 1.165) is 30.2 Å². The van der Waals surface area contributed by atoms with Gasteiger partial charge in [0.05, 0.1) is 19.0 Å². The molecule has 0 atom stereocenters. The van der Waals surface area contributed by atoms with Crippen LogP contribution in [0.15, 0.2) is 36.7 Å². The van der Waals surface area contributed by atoms with Crippen molar-refractivity contribution in [3.63, 3.8) is 0 Å². The largest absolute Gasteiger partial charge is 0.497 e. The second kappa shape index (κ2) is 12.2. The monoisotopic (exact) mass is 455 g/mol. The Hall–Kier alpha value is -3.20. The minimum Gasteiger partial charge on any atom is -0.497 e. The molecule has 178 valence electrons. The Morgan fingerprint density at radius 1 is 1.00 bits per heavy atom. The minimum absolute atomic E-state index is 0.0592. The maximum atomic E-state index is 12.9. The van der Waals surface area contributed by atoms with Gasteiger partial charge in [-0.2, -0.15) is 0 Å². The lowest BCUT2D eigenvalue weighted by Gasteiger charge is -2.36. The number of benzene rings is 1. The number of carbonyl (C=O) groups is 2. The third-order valence-electron chi connectivity index (χ3n) is 5.73. The predicted molar refractivity (Wildman–Crippen MR) is 126 cm³/mol. The molecular weight excluding hydrogens is 422 g/mol. The number of carbonyl (C=O) groups excluding carboxylic acids is 2. The summed E-state index contributed by atoms with van der Waals surface area (Å²) in [5, 5.41) is 0. The highest BCUT2D eigenvalue weighted by Crippen LogP contribution is 2.20. The van der Waals surface area contributed by atoms with Crippen LogP contribution < -0.4 is 9.64 Å². The minimum atomic E-state index is -0.212. The fourth-order valence-corrected chi connectivity index (χ4v) is 3.78. The number of nitrogens with zero attached hydrogens (tertiary/aromatic N) is 5. The molecule has 1 aliphatic heterocycles. The Balaban J connectivity index is 1.52. The van der Waals surface area contributed by atoms with Gasteiger partial charge >= 0.3 is 0 Å². The van der Waals surface area contributed by atoms with Crippen LogP contribution in [-0.4, -0.2) is 91.7 Å². The zero-order valence-corrected chi connectivity index (χ0v) is 19.7. The second-order valence-corrected chi connectivity index (χ2v) is 8.00. The number of ether oxygens (including phenoxy) is 2. The Morgan fingerprint density at radius 2 is 1.73 bits per heavy atom. The molecule has 1 aliphatic rings. The first-order valence-corrected chi connectivity index (χ1v) is 11.3. The third-order valence-corrected chi connectivity index (χ3v) is 5.73. The number of aryl methyl sites for hydroxylation is 1. The molecule has 1 aromatic carbocycles. The molecule has 2 amide bonds. The van der Waals surface area contributed by atoms with Gasteiger partial charge in [0.25, 0.3) is 5.91 Å². The van der Waals surface area contributed by atoms with E-state index >= 15 is 0 Å². The van der Waals surface area contributed by atoms with Crippen molar-refractivity contribution >= 4 is 17.5 Å². The van der Waals surface area contributed by atoms with E-state index in [1.807, 2.05) is 36.1 Å². The number of amides is 2. The molecule has 0 saturated carbocycles. The Labute approximate surface area is 195 Å². The topological polar surface area (TPSA) is 88.1 Å². The smallest absolute Gasteiger partial charge is 0.274 e. The van der Waals surface area contributed by atoms with Gasteiger partial charge in [-0.3, -0.25) is 14.6 Å². The van der Waals surface area contributed by atoms with Crippen molar-refractivity contribution < 1.29 is 19.1 Å². The molecule has 9 heteroatoms. The normalized spacial score (nSPS) is 13.7. The van der Waals surface area contributed by atoms with Gasteiger partial charge in [0.15, 0.2) is 0 Å². The average molecular weight is 456 g/mol. The van der Waals surface area contributed by atoms with Crippen LogP contribution in [0.5, 0.6) is 5.75 Å². The van der Waals surface area contributed by atoms with Crippen LogP contribution in [0.3, 0.4) is 0 Å². The highest BCUT2D eigenvalue weighted by atomic mass is 16.5. The number of aromatic nitrogens is 2. The van der Waals surface area contributed by atoms with Gasteiger partial charge in [-0.05, 0) is 37.6 Å². The number of hydrogen-bond donors (Lipinski definition) is 0. The zero-order chi connectivity index (χ0) is 23.6. The number of piperazine rings is 1. The highest BCUT2D eigenvalue weighted by molar-refractivity contribution is 5.92. The summed E-state index contributed by atoms with van der Waals surface area (Å²) in [5.41, 5.74) is 2.16. The summed E-state index contributed by atoms with van der Waals surface area (Å²) in [6.45, 7) is 6.07. The summed E-state index contributed by atoms with van der Waals surface area (Å²) in [7, 11) is 3.28. The van der Waals surface area contributed by atoms with Crippen molar-refractivity contribution in [3.8, 4) is 5.75 Å². The molecule has 9 nitrogen and oxygen atoms in total. The highest BCUT2D eigenvalue weighted by Gasteiger charge is 2.23. The Bertz CT molecular complexity index is 896. The maximum absolute atomic E-state index is 12.9. The lowest BCUT2D eigenvalue weighted by Crippen LogP contribution is -2.49. The molecule has 3 rings (SSSR count). The molecule has 1 saturated heterocycles. The van der Waals surface area contributed by atoms with Crippen LogP contribution >= 0.6 is 0 Å². The van der Waals surface area contributed by atoms with E-state index in [4.69, 9.17) is 9.47 Å². The first-order valence-electron chi connectivity index (χ1n) is 11.3. The van der Waals surface area contributed by atoms with Crippen molar-refractivity contribution in [2.24, 2.45) is 0 Å². The molecule has 0 radical (unpaired) electrons. The van der Waals surface area contributed by atoms with Gasteiger partial charge in [-0.1, -0.05) is 0 Å². The first-order chi connectivity index (χ1) is 16.0. The van der Waals surface area contributed by atoms with E-state index in [2.05, 4.69) is 14.9 Å². The molecule has 0 spiro atoms. The van der Waals surface area contributed by atoms with Gasteiger partial charge in [-0.15, -0.1) is 0 Å². The van der Waals surface area contributed by atoms with E-state index in [0.29, 0.717) is 44.9 Å². The van der Waals surface area contributed by atoms with Gasteiger partial charge in [-0.25, -0.2) is 4.98 Å². The molecule has 0 aliphatic carbocycles. The third kappa shape index (κ3) is 6.89. The van der Waals surface area contributed by atoms with Gasteiger partial charge in [0.1, 0.15) is 11.4 Å². The van der Waals surface area contributed by atoms with E-state index in [1.165, 1.54) is 6.20 Å². The van der Waals surface area contributed by atoms with E-state index in [-0.39, 0.29) is 18.2 Å². The van der Waals surface area contributed by atoms with Crippen LogP contribution in [-0.2, 0) is 9.53 Å². The number of anilines is 1. The number of rotatable bonds is 10. The van der Waals surface area contributed by atoms with E-state index in [1.54, 1.807) is 25.3 Å². The summed E-state index contributed by atoms with van der Waals surface area (Å²) >= 11 is 0. The zero-order valence-electron chi connectivity index (χ0n) is 19.7. The summed E-state index contributed by atoms with van der Waals surface area (Å²) in [6, 6.07) is 7.96. The summed E-state index contributed by atoms with van der Waals surface area (Å²) in [5.74, 6) is 0.674. The molecule has 33 heavy (non-hydrogen) atoms. The van der Waals surface area contributed by atoms with Crippen LogP contribution in [0, 0.1) is 6.92 Å². The van der Waals surface area contributed by atoms with Crippen LogP contribution in [0.25, 0.3) is 0 Å². The van der Waals surface area contributed by atoms with Crippen molar-refractivity contribution in [3.05, 3.63) is 48.0 Å². The van der Waals surface area contributed by atoms with Crippen molar-refractivity contribution in [2.45, 2.75) is 19.8 Å². The molecule has 0 N–H and O–H groups in total. The second-order valence-electron chi connectivity index (χ2n) is 8.00. The summed E-state index contributed by atoms with van der Waals surface area (Å²) < 4.78 is 10.3. The van der Waals surface area contributed by atoms with Gasteiger partial charge in [0.2, 0.25) is 5.91 Å². The first kappa shape index (κ1) is 24.4. The fraction of sp³-hybridized carbons (Fsp3) is 0.500. The van der Waals surface area contributed by atoms with Crippen molar-refractivity contribution in [1.29, 1.82) is 0 Å². The van der Waals surface area contributed by atoms with E-state index in [9.17, 15) is 9.59 Å². The van der Waals surface area contributed by atoms with Gasteiger partial charge in [0, 0.05) is 71.3 Å². The molecule has 0 unspecified atom stereocenters. The average Bonchev–Trinajstić information content (AvgIpc) is 2.86. The van der Waals surface area contributed by atoms with Gasteiger partial charge < -0.3 is 24.2 Å². The number of hydrogen-bond acceptors (Lipinski definition) is 7. The van der Waals surface area contributed by atoms with E-state index < -0.39 is 0 Å². The molecular formula is C24H33N5O4. The lowest BCUT2D eigenvalue weighted by atomic mass is 10.2. The standard InChI is InChI=1S/C24H33N5O4/c1-19-17-26-22(18-25-19)24(31)29(10-4-16-32-2)11-9-23(30)28-14-12-27(13-15-28)20-5-7-21(33-3)8-6-20/h5-8,17-18H,4,9-16H2,1-3H3. The molecule has 2 aromatic rings. The number of methoxy groups -OCH3 is 2. The lowest BCUT2D eigenvalue weighted by molar-refractivity contribution is -0.131. The fourth-order valence-electron chi connectivity index (χ4n) is 3.78. The summed E-state index contributed by atoms with van der Waals surface area (Å²) in [6.07, 6.45) is 4.03. The van der Waals surface area contributed by atoms with Crippen LogP contribution in [0.2, 0.25) is 0 Å².